The zero-order chi connectivity index (χ0) is 15.5. The largest absolute Gasteiger partial charge is 0.391 e. The fourth-order valence-electron chi connectivity index (χ4n) is 3.10. The van der Waals surface area contributed by atoms with E-state index in [0.29, 0.717) is 38.6 Å². The molecular weight excluding hydrogens is 410 g/mol. The third kappa shape index (κ3) is 5.75. The van der Waals surface area contributed by atoms with Gasteiger partial charge in [0, 0.05) is 19.6 Å². The highest BCUT2D eigenvalue weighted by Gasteiger charge is 2.42. The Morgan fingerprint density at radius 2 is 2.09 bits per heavy atom. The topological polar surface area (TPSA) is 50.8 Å². The van der Waals surface area contributed by atoms with Crippen LogP contribution in [0.5, 0.6) is 0 Å². The minimum Gasteiger partial charge on any atom is -0.375 e. The summed E-state index contributed by atoms with van der Waals surface area (Å²) < 4.78 is 43.7. The summed E-state index contributed by atoms with van der Waals surface area (Å²) >= 11 is 0. The van der Waals surface area contributed by atoms with Gasteiger partial charge in [-0.15, -0.1) is 24.0 Å². The molecule has 2 N–H and O–H groups in total. The quantitative estimate of drug-likeness (QED) is 0.412. The Bertz CT molecular complexity index is 379. The summed E-state index contributed by atoms with van der Waals surface area (Å²) in [6.45, 7) is 4.34. The van der Waals surface area contributed by atoms with Crippen LogP contribution in [0.25, 0.3) is 0 Å². The van der Waals surface area contributed by atoms with Gasteiger partial charge in [-0.05, 0) is 32.1 Å². The number of morpholine rings is 1. The fraction of sp³-hybridized carbons (Fsp3) is 0.929. The molecule has 22 heavy (non-hydrogen) atoms. The van der Waals surface area contributed by atoms with Crippen LogP contribution in [-0.4, -0.2) is 49.4 Å². The molecule has 130 valence electrons. The summed E-state index contributed by atoms with van der Waals surface area (Å²) in [5.41, 5.74) is 5.95. The first kappa shape index (κ1) is 19.8. The standard InChI is InChI=1S/C14H24F3N3O.HI/c1-10-9-20(5-6-21-10)13(18)19-8-11-3-2-4-12(7-11)14(15,16)17;/h10-12H,2-9H2,1H3,(H2,18,19);1H. The van der Waals surface area contributed by atoms with Gasteiger partial charge in [0.05, 0.1) is 18.6 Å². The molecule has 1 heterocycles. The summed E-state index contributed by atoms with van der Waals surface area (Å²) in [7, 11) is 0. The number of hydrogen-bond donors (Lipinski definition) is 1. The summed E-state index contributed by atoms with van der Waals surface area (Å²) in [4.78, 5) is 6.26. The summed E-state index contributed by atoms with van der Waals surface area (Å²) in [5.74, 6) is -0.752. The van der Waals surface area contributed by atoms with Crippen LogP contribution in [0.4, 0.5) is 13.2 Å². The Balaban J connectivity index is 0.00000242. The average Bonchev–Trinajstić information content (AvgIpc) is 2.44. The van der Waals surface area contributed by atoms with Crippen LogP contribution in [0, 0.1) is 11.8 Å². The van der Waals surface area contributed by atoms with Gasteiger partial charge in [0.1, 0.15) is 0 Å². The smallest absolute Gasteiger partial charge is 0.375 e. The molecule has 1 aliphatic carbocycles. The maximum absolute atomic E-state index is 12.8. The van der Waals surface area contributed by atoms with Crippen LogP contribution in [0.3, 0.4) is 0 Å². The van der Waals surface area contributed by atoms with E-state index in [1.165, 1.54) is 0 Å². The molecule has 0 aromatic rings. The molecule has 0 amide bonds. The molecule has 3 unspecified atom stereocenters. The van der Waals surface area contributed by atoms with Crippen molar-refractivity contribution < 1.29 is 17.9 Å². The van der Waals surface area contributed by atoms with Crippen LogP contribution in [0.15, 0.2) is 4.99 Å². The number of halogens is 4. The average molecular weight is 435 g/mol. The van der Waals surface area contributed by atoms with Gasteiger partial charge in [0.25, 0.3) is 0 Å². The Kier molecular flexibility index (Phi) is 7.70. The van der Waals surface area contributed by atoms with Gasteiger partial charge in [-0.3, -0.25) is 4.99 Å². The Morgan fingerprint density at radius 1 is 1.36 bits per heavy atom. The van der Waals surface area contributed by atoms with Crippen molar-refractivity contribution in [3.05, 3.63) is 0 Å². The molecule has 0 bridgehead atoms. The van der Waals surface area contributed by atoms with Gasteiger partial charge in [0.15, 0.2) is 5.96 Å². The Morgan fingerprint density at radius 3 is 2.73 bits per heavy atom. The van der Waals surface area contributed by atoms with Crippen molar-refractivity contribution >= 4 is 29.9 Å². The number of nitrogens with zero attached hydrogens (tertiary/aromatic N) is 2. The van der Waals surface area contributed by atoms with E-state index in [2.05, 4.69) is 4.99 Å². The predicted octanol–water partition coefficient (Wildman–Crippen LogP) is 3.01. The number of rotatable bonds is 2. The first-order chi connectivity index (χ1) is 9.86. The third-order valence-corrected chi connectivity index (χ3v) is 4.32. The summed E-state index contributed by atoms with van der Waals surface area (Å²) in [5, 5.41) is 0. The molecule has 3 atom stereocenters. The number of ether oxygens (including phenoxy) is 1. The fourth-order valence-corrected chi connectivity index (χ4v) is 3.10. The van der Waals surface area contributed by atoms with E-state index in [4.69, 9.17) is 10.5 Å². The van der Waals surface area contributed by atoms with Crippen LogP contribution in [0.2, 0.25) is 0 Å². The molecule has 2 aliphatic rings. The van der Waals surface area contributed by atoms with E-state index in [-0.39, 0.29) is 48.8 Å². The van der Waals surface area contributed by atoms with Gasteiger partial charge in [-0.1, -0.05) is 6.42 Å². The first-order valence-corrected chi connectivity index (χ1v) is 7.59. The van der Waals surface area contributed by atoms with Crippen molar-refractivity contribution in [1.29, 1.82) is 0 Å². The zero-order valence-corrected chi connectivity index (χ0v) is 15.1. The first-order valence-electron chi connectivity index (χ1n) is 7.59. The highest BCUT2D eigenvalue weighted by Crippen LogP contribution is 2.39. The summed E-state index contributed by atoms with van der Waals surface area (Å²) in [6, 6.07) is 0. The number of guanidine groups is 1. The normalized spacial score (nSPS) is 30.8. The highest BCUT2D eigenvalue weighted by molar-refractivity contribution is 14.0. The predicted molar refractivity (Wildman–Crippen MR) is 90.4 cm³/mol. The maximum atomic E-state index is 12.8. The van der Waals surface area contributed by atoms with Crippen molar-refractivity contribution in [2.24, 2.45) is 22.6 Å². The van der Waals surface area contributed by atoms with Gasteiger partial charge in [0.2, 0.25) is 0 Å². The minimum atomic E-state index is -4.08. The molecule has 0 spiro atoms. The highest BCUT2D eigenvalue weighted by atomic mass is 127. The third-order valence-electron chi connectivity index (χ3n) is 4.32. The molecule has 0 aromatic heterocycles. The number of aliphatic imine (C=N–C) groups is 1. The van der Waals surface area contributed by atoms with E-state index in [1.807, 2.05) is 11.8 Å². The lowest BCUT2D eigenvalue weighted by molar-refractivity contribution is -0.185. The van der Waals surface area contributed by atoms with E-state index >= 15 is 0 Å². The molecule has 2 fully saturated rings. The number of hydrogen-bond acceptors (Lipinski definition) is 2. The van der Waals surface area contributed by atoms with Crippen LogP contribution >= 0.6 is 24.0 Å². The van der Waals surface area contributed by atoms with E-state index in [9.17, 15) is 13.2 Å². The van der Waals surface area contributed by atoms with Crippen LogP contribution in [-0.2, 0) is 4.74 Å². The van der Waals surface area contributed by atoms with Crippen molar-refractivity contribution in [2.45, 2.75) is 44.9 Å². The van der Waals surface area contributed by atoms with Gasteiger partial charge >= 0.3 is 6.18 Å². The van der Waals surface area contributed by atoms with Gasteiger partial charge in [-0.25, -0.2) is 0 Å². The van der Waals surface area contributed by atoms with Crippen LogP contribution in [0.1, 0.15) is 32.6 Å². The van der Waals surface area contributed by atoms with Gasteiger partial charge < -0.3 is 15.4 Å². The second kappa shape index (κ2) is 8.56. The SMILES string of the molecule is CC1CN(C(N)=NCC2CCCC(C(F)(F)F)C2)CCO1.I. The molecule has 0 aromatic carbocycles. The second-order valence-corrected chi connectivity index (χ2v) is 6.10. The maximum Gasteiger partial charge on any atom is 0.391 e. The second-order valence-electron chi connectivity index (χ2n) is 6.10. The Hall–Kier alpha value is -0.250. The molecule has 0 radical (unpaired) electrons. The molecular formula is C14H25F3IN3O. The van der Waals surface area contributed by atoms with Crippen molar-refractivity contribution in [3.63, 3.8) is 0 Å². The molecule has 1 saturated heterocycles. The van der Waals surface area contributed by atoms with Crippen molar-refractivity contribution in [2.75, 3.05) is 26.2 Å². The lowest BCUT2D eigenvalue weighted by Gasteiger charge is -2.33. The lowest BCUT2D eigenvalue weighted by Crippen LogP contribution is -2.48. The monoisotopic (exact) mass is 435 g/mol. The minimum absolute atomic E-state index is 0. The Labute approximate surface area is 146 Å². The van der Waals surface area contributed by atoms with E-state index in [0.717, 1.165) is 6.42 Å². The number of nitrogens with two attached hydrogens (primary N) is 1. The zero-order valence-electron chi connectivity index (χ0n) is 12.8. The van der Waals surface area contributed by atoms with Gasteiger partial charge in [-0.2, -0.15) is 13.2 Å². The van der Waals surface area contributed by atoms with E-state index < -0.39 is 12.1 Å². The molecule has 8 heteroatoms. The molecule has 1 aliphatic heterocycles. The molecule has 4 nitrogen and oxygen atoms in total. The van der Waals surface area contributed by atoms with Crippen molar-refractivity contribution in [3.8, 4) is 0 Å². The summed E-state index contributed by atoms with van der Waals surface area (Å²) in [6.07, 6.45) is -2.10. The van der Waals surface area contributed by atoms with Crippen LogP contribution < -0.4 is 5.73 Å². The lowest BCUT2D eigenvalue weighted by atomic mass is 9.81. The van der Waals surface area contributed by atoms with Crippen molar-refractivity contribution in [1.82, 2.24) is 4.90 Å². The molecule has 2 rings (SSSR count). The molecule has 1 saturated carbocycles. The van der Waals surface area contributed by atoms with E-state index in [1.54, 1.807) is 0 Å². The number of alkyl halides is 3.